The maximum atomic E-state index is 13.4. The highest BCUT2D eigenvalue weighted by molar-refractivity contribution is 7.96. The molecular weight excluding hydrogens is 529 g/mol. The number of hydrogen-bond donors (Lipinski definition) is 1. The van der Waals surface area contributed by atoms with Gasteiger partial charge < -0.3 is 19.5 Å². The van der Waals surface area contributed by atoms with Crippen LogP contribution in [0, 0.1) is 0 Å². The van der Waals surface area contributed by atoms with E-state index >= 15 is 0 Å². The fourth-order valence-corrected chi connectivity index (χ4v) is 6.74. The highest BCUT2D eigenvalue weighted by Crippen LogP contribution is 2.39. The fraction of sp³-hybridized carbons (Fsp3) is 0.560. The van der Waals surface area contributed by atoms with Crippen molar-refractivity contribution in [2.75, 3.05) is 44.4 Å². The first-order valence-corrected chi connectivity index (χ1v) is 14.0. The van der Waals surface area contributed by atoms with E-state index in [9.17, 15) is 26.7 Å². The number of rotatable bonds is 8. The number of ether oxygens (including phenoxy) is 2. The van der Waals surface area contributed by atoms with E-state index in [0.29, 0.717) is 43.7 Å². The Bertz CT molecular complexity index is 1140. The number of aliphatic hydroxyl groups is 1. The highest BCUT2D eigenvalue weighted by Gasteiger charge is 2.51. The summed E-state index contributed by atoms with van der Waals surface area (Å²) in [5.74, 6) is 0. The van der Waals surface area contributed by atoms with Crippen molar-refractivity contribution in [2.45, 2.75) is 50.1 Å². The predicted octanol–water partition coefficient (Wildman–Crippen LogP) is 3.69. The van der Waals surface area contributed by atoms with Crippen LogP contribution in [0.3, 0.4) is 0 Å². The van der Waals surface area contributed by atoms with E-state index in [1.54, 1.807) is 12.2 Å². The van der Waals surface area contributed by atoms with Crippen molar-refractivity contribution >= 4 is 32.8 Å². The minimum absolute atomic E-state index is 0.00249. The van der Waals surface area contributed by atoms with Crippen LogP contribution in [0.4, 0.5) is 18.9 Å². The van der Waals surface area contributed by atoms with E-state index in [1.807, 2.05) is 4.90 Å². The summed E-state index contributed by atoms with van der Waals surface area (Å²) in [7, 11) is -3.82. The average Bonchev–Trinajstić information content (AvgIpc) is 3.37. The molecule has 37 heavy (non-hydrogen) atoms. The zero-order valence-electron chi connectivity index (χ0n) is 20.5. The summed E-state index contributed by atoms with van der Waals surface area (Å²) in [6.07, 6.45) is 2.43. The van der Waals surface area contributed by atoms with Crippen LogP contribution in [0.15, 0.2) is 47.4 Å². The molecule has 12 heteroatoms. The van der Waals surface area contributed by atoms with E-state index in [-0.39, 0.29) is 36.3 Å². The average molecular weight is 561 g/mol. The maximum Gasteiger partial charge on any atom is 0.421 e. The molecular formula is C25H31F3N2O5S2. The van der Waals surface area contributed by atoms with Crippen LogP contribution in [0.2, 0.25) is 0 Å². The Morgan fingerprint density at radius 1 is 1.19 bits per heavy atom. The number of halogens is 3. The summed E-state index contributed by atoms with van der Waals surface area (Å²) < 4.78 is 79.5. The van der Waals surface area contributed by atoms with Crippen LogP contribution in [0.25, 0.3) is 0 Å². The van der Waals surface area contributed by atoms with E-state index in [4.69, 9.17) is 21.7 Å². The van der Waals surface area contributed by atoms with Gasteiger partial charge in [-0.1, -0.05) is 36.5 Å². The Balaban J connectivity index is 1.54. The van der Waals surface area contributed by atoms with Gasteiger partial charge in [-0.3, -0.25) is 0 Å². The standard InChI is InChI=1S/C25H31F3N2O5S2/c1-24(31,25(26,27)28)18-8-10-19(11-9-18)30-13-12-29(37(32,33)23-7-3-2-6-22(23)36)15-20(30)16-34-17-21-5-4-14-35-21/h2-3,7-11,20-21,31H,4-6,12-17H2,1H3/t20-,21+,24-/m1/s1. The lowest BCUT2D eigenvalue weighted by atomic mass is 9.95. The molecule has 2 saturated heterocycles. The van der Waals surface area contributed by atoms with E-state index < -0.39 is 27.8 Å². The van der Waals surface area contributed by atoms with Gasteiger partial charge in [-0.15, -0.1) is 0 Å². The molecule has 204 valence electrons. The second-order valence-corrected chi connectivity index (χ2v) is 12.0. The van der Waals surface area contributed by atoms with Crippen LogP contribution in [0.5, 0.6) is 0 Å². The number of benzene rings is 1. The van der Waals surface area contributed by atoms with Crippen LogP contribution < -0.4 is 4.90 Å². The Morgan fingerprint density at radius 3 is 2.54 bits per heavy atom. The summed E-state index contributed by atoms with van der Waals surface area (Å²) in [5.41, 5.74) is -2.65. The van der Waals surface area contributed by atoms with Gasteiger partial charge in [0.15, 0.2) is 5.60 Å². The molecule has 1 aromatic rings. The van der Waals surface area contributed by atoms with Gasteiger partial charge >= 0.3 is 6.18 Å². The summed E-state index contributed by atoms with van der Waals surface area (Å²) in [4.78, 5) is 2.42. The molecule has 3 aliphatic rings. The molecule has 0 bridgehead atoms. The maximum absolute atomic E-state index is 13.4. The molecule has 0 unspecified atom stereocenters. The third kappa shape index (κ3) is 6.10. The zero-order chi connectivity index (χ0) is 26.8. The van der Waals surface area contributed by atoms with E-state index in [1.165, 1.54) is 34.6 Å². The van der Waals surface area contributed by atoms with Gasteiger partial charge in [-0.25, -0.2) is 8.42 Å². The molecule has 0 aromatic heterocycles. The Kier molecular flexibility index (Phi) is 8.46. The van der Waals surface area contributed by atoms with Crippen molar-refractivity contribution < 1.29 is 36.2 Å². The van der Waals surface area contributed by atoms with E-state index in [0.717, 1.165) is 12.8 Å². The van der Waals surface area contributed by atoms with Crippen molar-refractivity contribution in [3.8, 4) is 0 Å². The number of piperazine rings is 1. The smallest absolute Gasteiger partial charge is 0.377 e. The normalized spacial score (nSPS) is 25.3. The first kappa shape index (κ1) is 28.2. The molecule has 2 fully saturated rings. The Labute approximate surface area is 220 Å². The number of allylic oxidation sites excluding steroid dienone is 4. The third-order valence-electron chi connectivity index (χ3n) is 6.98. The molecule has 0 saturated carbocycles. The minimum Gasteiger partial charge on any atom is -0.377 e. The Morgan fingerprint density at radius 2 is 1.92 bits per heavy atom. The predicted molar refractivity (Wildman–Crippen MR) is 138 cm³/mol. The molecule has 7 nitrogen and oxygen atoms in total. The van der Waals surface area contributed by atoms with Crippen LogP contribution in [-0.4, -0.2) is 80.5 Å². The van der Waals surface area contributed by atoms with Crippen molar-refractivity contribution in [1.82, 2.24) is 4.31 Å². The first-order chi connectivity index (χ1) is 17.4. The second kappa shape index (κ2) is 11.1. The van der Waals surface area contributed by atoms with Crippen LogP contribution >= 0.6 is 12.2 Å². The molecule has 2 aliphatic heterocycles. The van der Waals surface area contributed by atoms with Crippen LogP contribution in [0.1, 0.15) is 31.7 Å². The number of sulfonamides is 1. The van der Waals surface area contributed by atoms with Gasteiger partial charge in [0, 0.05) is 43.2 Å². The van der Waals surface area contributed by atoms with Gasteiger partial charge in [0.2, 0.25) is 10.0 Å². The zero-order valence-corrected chi connectivity index (χ0v) is 22.1. The SMILES string of the molecule is C[C@@](O)(c1ccc(N2CCN(S(=O)(=O)C3=CC=CCC3=S)C[C@@H]2COC[C@@H]2CCCO2)cc1)C(F)(F)F. The topological polar surface area (TPSA) is 79.3 Å². The molecule has 0 radical (unpaired) electrons. The lowest BCUT2D eigenvalue weighted by molar-refractivity contribution is -0.258. The molecule has 1 aliphatic carbocycles. The van der Waals surface area contributed by atoms with E-state index in [2.05, 4.69) is 0 Å². The van der Waals surface area contributed by atoms with Crippen molar-refractivity contribution in [2.24, 2.45) is 0 Å². The molecule has 1 N–H and O–H groups in total. The molecule has 1 aromatic carbocycles. The summed E-state index contributed by atoms with van der Waals surface area (Å²) >= 11 is 5.30. The van der Waals surface area contributed by atoms with Gasteiger partial charge in [0.05, 0.1) is 30.3 Å². The Hall–Kier alpha value is -1.83. The first-order valence-electron chi connectivity index (χ1n) is 12.2. The van der Waals surface area contributed by atoms with Crippen molar-refractivity contribution in [3.63, 3.8) is 0 Å². The van der Waals surface area contributed by atoms with Gasteiger partial charge in [-0.2, -0.15) is 17.5 Å². The number of anilines is 1. The molecule has 3 atom stereocenters. The van der Waals surface area contributed by atoms with Gasteiger partial charge in [0.25, 0.3) is 0 Å². The molecule has 4 rings (SSSR count). The summed E-state index contributed by atoms with van der Waals surface area (Å²) in [6, 6.07) is 5.11. The molecule has 0 amide bonds. The van der Waals surface area contributed by atoms with Crippen LogP contribution in [-0.2, 0) is 25.1 Å². The van der Waals surface area contributed by atoms with Gasteiger partial charge in [-0.05, 0) is 43.5 Å². The monoisotopic (exact) mass is 560 g/mol. The number of alkyl halides is 3. The summed E-state index contributed by atoms with van der Waals surface area (Å²) in [5, 5.41) is 10.0. The number of hydrogen-bond acceptors (Lipinski definition) is 7. The van der Waals surface area contributed by atoms with Gasteiger partial charge in [0.1, 0.15) is 0 Å². The second-order valence-electron chi connectivity index (χ2n) is 9.59. The fourth-order valence-electron chi connectivity index (χ4n) is 4.67. The molecule has 0 spiro atoms. The van der Waals surface area contributed by atoms with Crippen molar-refractivity contribution in [1.29, 1.82) is 0 Å². The largest absolute Gasteiger partial charge is 0.421 e. The quantitative estimate of drug-likeness (QED) is 0.486. The third-order valence-corrected chi connectivity index (χ3v) is 9.44. The minimum atomic E-state index is -4.82. The lowest BCUT2D eigenvalue weighted by Crippen LogP contribution is -2.57. The highest BCUT2D eigenvalue weighted by atomic mass is 32.2. The van der Waals surface area contributed by atoms with Crippen molar-refractivity contribution in [3.05, 3.63) is 53.0 Å². The lowest BCUT2D eigenvalue weighted by Gasteiger charge is -2.42. The summed E-state index contributed by atoms with van der Waals surface area (Å²) in [6.45, 7) is 2.59. The number of nitrogens with zero attached hydrogens (tertiary/aromatic N) is 2. The molecule has 2 heterocycles. The number of thiocarbonyl (C=S) groups is 1.